The summed E-state index contributed by atoms with van der Waals surface area (Å²) in [5, 5.41) is 10.2. The minimum atomic E-state index is -0.641. The molecule has 0 aliphatic heterocycles. The molecule has 0 aliphatic rings. The molecule has 4 heteroatoms. The average molecular weight is 264 g/mol. The second kappa shape index (κ2) is 5.38. The van der Waals surface area contributed by atoms with Crippen molar-refractivity contribution < 1.29 is 9.84 Å². The van der Waals surface area contributed by atoms with Gasteiger partial charge in [0.15, 0.2) is 0 Å². The Hall–Kier alpha value is -1.58. The molecule has 0 spiro atoms. The Morgan fingerprint density at radius 2 is 2.11 bits per heavy atom. The summed E-state index contributed by atoms with van der Waals surface area (Å²) in [5.41, 5.74) is 1.69. The molecule has 0 fully saturated rings. The molecule has 1 unspecified atom stereocenters. The summed E-state index contributed by atoms with van der Waals surface area (Å²) in [5.74, 6) is 0.904. The van der Waals surface area contributed by atoms with Gasteiger partial charge in [-0.25, -0.2) is 4.98 Å². The van der Waals surface area contributed by atoms with Gasteiger partial charge >= 0.3 is 0 Å². The molecule has 0 amide bonds. The van der Waals surface area contributed by atoms with Crippen LogP contribution in [0.4, 0.5) is 0 Å². The van der Waals surface area contributed by atoms with Crippen LogP contribution in [0.25, 0.3) is 0 Å². The first-order valence-corrected chi connectivity index (χ1v) is 6.02. The summed E-state index contributed by atoms with van der Waals surface area (Å²) < 4.78 is 5.65. The Kier molecular flexibility index (Phi) is 3.84. The summed E-state index contributed by atoms with van der Waals surface area (Å²) in [6, 6.07) is 9.05. The van der Waals surface area contributed by atoms with Crippen molar-refractivity contribution in [3.8, 4) is 11.6 Å². The smallest absolute Gasteiger partial charge is 0.225 e. The molecule has 18 heavy (non-hydrogen) atoms. The van der Waals surface area contributed by atoms with E-state index in [1.54, 1.807) is 31.3 Å². The largest absolute Gasteiger partial charge is 0.437 e. The molecule has 2 aromatic rings. The highest BCUT2D eigenvalue weighted by Crippen LogP contribution is 2.32. The van der Waals surface area contributed by atoms with Crippen LogP contribution in [-0.4, -0.2) is 10.1 Å². The van der Waals surface area contributed by atoms with Gasteiger partial charge in [-0.15, -0.1) is 0 Å². The minimum Gasteiger partial charge on any atom is -0.437 e. The molecule has 1 aromatic heterocycles. The number of hydrogen-bond donors (Lipinski definition) is 1. The van der Waals surface area contributed by atoms with Crippen LogP contribution in [0.2, 0.25) is 5.02 Å². The van der Waals surface area contributed by atoms with Gasteiger partial charge in [-0.2, -0.15) is 0 Å². The van der Waals surface area contributed by atoms with E-state index in [1.165, 1.54) is 0 Å². The van der Waals surface area contributed by atoms with Gasteiger partial charge in [0, 0.05) is 11.8 Å². The molecule has 1 heterocycles. The van der Waals surface area contributed by atoms with Crippen LogP contribution in [0.5, 0.6) is 11.6 Å². The third kappa shape index (κ3) is 2.81. The summed E-state index contributed by atoms with van der Waals surface area (Å²) >= 11 is 6.10. The summed E-state index contributed by atoms with van der Waals surface area (Å²) in [4.78, 5) is 4.12. The lowest BCUT2D eigenvalue weighted by Crippen LogP contribution is -1.98. The molecule has 3 nitrogen and oxygen atoms in total. The van der Waals surface area contributed by atoms with Gasteiger partial charge in [-0.3, -0.25) is 0 Å². The SMILES string of the molecule is Cc1ccc(Oc2ncccc2C(C)O)c(Cl)c1. The molecule has 2 rings (SSSR count). The van der Waals surface area contributed by atoms with Gasteiger partial charge in [0.1, 0.15) is 5.75 Å². The van der Waals surface area contributed by atoms with E-state index < -0.39 is 6.10 Å². The zero-order valence-corrected chi connectivity index (χ0v) is 11.0. The topological polar surface area (TPSA) is 42.4 Å². The van der Waals surface area contributed by atoms with Gasteiger partial charge in [0.25, 0.3) is 0 Å². The minimum absolute atomic E-state index is 0.373. The van der Waals surface area contributed by atoms with E-state index in [0.29, 0.717) is 22.2 Å². The van der Waals surface area contributed by atoms with Gasteiger partial charge in [-0.1, -0.05) is 17.7 Å². The van der Waals surface area contributed by atoms with Crippen LogP contribution in [0.3, 0.4) is 0 Å². The summed E-state index contributed by atoms with van der Waals surface area (Å²) in [6.45, 7) is 3.62. The molecule has 1 aromatic carbocycles. The molecular weight excluding hydrogens is 250 g/mol. The number of ether oxygens (including phenoxy) is 1. The van der Waals surface area contributed by atoms with Crippen LogP contribution < -0.4 is 4.74 Å². The second-order valence-corrected chi connectivity index (χ2v) is 4.52. The lowest BCUT2D eigenvalue weighted by Gasteiger charge is -2.12. The van der Waals surface area contributed by atoms with Crippen molar-refractivity contribution in [1.29, 1.82) is 0 Å². The van der Waals surface area contributed by atoms with Gasteiger partial charge < -0.3 is 9.84 Å². The maximum Gasteiger partial charge on any atom is 0.225 e. The standard InChI is InChI=1S/C14H14ClNO2/c1-9-5-6-13(12(15)8-9)18-14-11(10(2)17)4-3-7-16-14/h3-8,10,17H,1-2H3. The zero-order chi connectivity index (χ0) is 13.1. The van der Waals surface area contributed by atoms with Crippen molar-refractivity contribution in [3.63, 3.8) is 0 Å². The number of aryl methyl sites for hydroxylation is 1. The molecule has 0 saturated carbocycles. The third-order valence-electron chi connectivity index (χ3n) is 2.54. The van der Waals surface area contributed by atoms with Crippen LogP contribution in [0.15, 0.2) is 36.5 Å². The highest BCUT2D eigenvalue weighted by atomic mass is 35.5. The van der Waals surface area contributed by atoms with Gasteiger partial charge in [0.05, 0.1) is 11.1 Å². The fourth-order valence-corrected chi connectivity index (χ4v) is 1.87. The van der Waals surface area contributed by atoms with Crippen LogP contribution >= 0.6 is 11.6 Å². The number of benzene rings is 1. The lowest BCUT2D eigenvalue weighted by atomic mass is 10.2. The fraction of sp³-hybridized carbons (Fsp3) is 0.214. The Morgan fingerprint density at radius 1 is 1.33 bits per heavy atom. The Bertz CT molecular complexity index is 555. The van der Waals surface area contributed by atoms with Crippen molar-refractivity contribution in [2.75, 3.05) is 0 Å². The normalized spacial score (nSPS) is 12.2. The highest BCUT2D eigenvalue weighted by molar-refractivity contribution is 6.32. The number of nitrogens with zero attached hydrogens (tertiary/aromatic N) is 1. The van der Waals surface area contributed by atoms with Gasteiger partial charge in [-0.05, 0) is 43.7 Å². The summed E-state index contributed by atoms with van der Waals surface area (Å²) in [7, 11) is 0. The number of aliphatic hydroxyl groups is 1. The maximum atomic E-state index is 9.64. The number of pyridine rings is 1. The van der Waals surface area contributed by atoms with E-state index in [4.69, 9.17) is 16.3 Å². The van der Waals surface area contributed by atoms with Crippen molar-refractivity contribution in [2.24, 2.45) is 0 Å². The van der Waals surface area contributed by atoms with Crippen LogP contribution in [0.1, 0.15) is 24.2 Å². The third-order valence-corrected chi connectivity index (χ3v) is 2.84. The first-order valence-electron chi connectivity index (χ1n) is 5.65. The zero-order valence-electron chi connectivity index (χ0n) is 10.2. The monoisotopic (exact) mass is 263 g/mol. The quantitative estimate of drug-likeness (QED) is 0.914. The Labute approximate surface area is 111 Å². The number of halogens is 1. The average Bonchev–Trinajstić information content (AvgIpc) is 2.33. The number of aromatic nitrogens is 1. The van der Waals surface area contributed by atoms with E-state index >= 15 is 0 Å². The molecule has 0 radical (unpaired) electrons. The molecular formula is C14H14ClNO2. The molecule has 1 atom stereocenters. The van der Waals surface area contributed by atoms with Crippen molar-refractivity contribution in [2.45, 2.75) is 20.0 Å². The van der Waals surface area contributed by atoms with Crippen molar-refractivity contribution >= 4 is 11.6 Å². The molecule has 0 bridgehead atoms. The first-order chi connectivity index (χ1) is 8.58. The Balaban J connectivity index is 2.34. The van der Waals surface area contributed by atoms with Crippen molar-refractivity contribution in [1.82, 2.24) is 4.98 Å². The van der Waals surface area contributed by atoms with Crippen LogP contribution in [-0.2, 0) is 0 Å². The van der Waals surface area contributed by atoms with E-state index in [2.05, 4.69) is 4.98 Å². The first kappa shape index (κ1) is 12.9. The lowest BCUT2D eigenvalue weighted by molar-refractivity contribution is 0.194. The highest BCUT2D eigenvalue weighted by Gasteiger charge is 2.12. The molecule has 0 saturated heterocycles. The number of hydrogen-bond acceptors (Lipinski definition) is 3. The number of rotatable bonds is 3. The number of aliphatic hydroxyl groups excluding tert-OH is 1. The second-order valence-electron chi connectivity index (χ2n) is 4.11. The van der Waals surface area contributed by atoms with E-state index in [-0.39, 0.29) is 0 Å². The van der Waals surface area contributed by atoms with E-state index in [1.807, 2.05) is 19.1 Å². The predicted molar refractivity (Wildman–Crippen MR) is 71.1 cm³/mol. The summed E-state index contributed by atoms with van der Waals surface area (Å²) in [6.07, 6.45) is 0.974. The molecule has 0 aliphatic carbocycles. The Morgan fingerprint density at radius 3 is 2.78 bits per heavy atom. The molecule has 94 valence electrons. The molecule has 1 N–H and O–H groups in total. The van der Waals surface area contributed by atoms with Crippen molar-refractivity contribution in [3.05, 3.63) is 52.7 Å². The van der Waals surface area contributed by atoms with Crippen LogP contribution in [0, 0.1) is 6.92 Å². The van der Waals surface area contributed by atoms with E-state index in [9.17, 15) is 5.11 Å². The fourth-order valence-electron chi connectivity index (χ4n) is 1.60. The maximum absolute atomic E-state index is 9.64. The van der Waals surface area contributed by atoms with Gasteiger partial charge in [0.2, 0.25) is 5.88 Å². The predicted octanol–water partition coefficient (Wildman–Crippen LogP) is 3.89. The van der Waals surface area contributed by atoms with E-state index in [0.717, 1.165) is 5.56 Å².